The van der Waals surface area contributed by atoms with E-state index in [0.717, 1.165) is 38.1 Å². The van der Waals surface area contributed by atoms with E-state index in [1.165, 1.54) is 0 Å². The molecule has 5 heteroatoms. The van der Waals surface area contributed by atoms with Crippen molar-refractivity contribution >= 4 is 18.3 Å². The Morgan fingerprint density at radius 1 is 1.30 bits per heavy atom. The summed E-state index contributed by atoms with van der Waals surface area (Å²) in [5, 5.41) is 6.46. The Balaban J connectivity index is 0.00000192. The van der Waals surface area contributed by atoms with Crippen LogP contribution in [0.3, 0.4) is 0 Å². The van der Waals surface area contributed by atoms with E-state index in [-0.39, 0.29) is 24.2 Å². The van der Waals surface area contributed by atoms with Gasteiger partial charge in [0, 0.05) is 5.92 Å². The van der Waals surface area contributed by atoms with Crippen molar-refractivity contribution in [2.45, 2.75) is 38.7 Å². The van der Waals surface area contributed by atoms with Gasteiger partial charge >= 0.3 is 0 Å². The Morgan fingerprint density at radius 3 is 2.61 bits per heavy atom. The minimum absolute atomic E-state index is 0. The molecule has 1 aromatic carbocycles. The van der Waals surface area contributed by atoms with Crippen LogP contribution in [-0.4, -0.2) is 31.1 Å². The molecule has 1 amide bonds. The molecule has 128 valence electrons. The van der Waals surface area contributed by atoms with Crippen LogP contribution in [0.1, 0.15) is 33.1 Å². The van der Waals surface area contributed by atoms with Gasteiger partial charge in [-0.15, -0.1) is 12.4 Å². The summed E-state index contributed by atoms with van der Waals surface area (Å²) in [7, 11) is 0. The highest BCUT2D eigenvalue weighted by Crippen LogP contribution is 2.58. The molecule has 1 saturated carbocycles. The smallest absolute Gasteiger partial charge is 0.223 e. The van der Waals surface area contributed by atoms with Crippen LogP contribution in [0, 0.1) is 11.3 Å². The van der Waals surface area contributed by atoms with Gasteiger partial charge in [-0.25, -0.2) is 0 Å². The van der Waals surface area contributed by atoms with Crippen molar-refractivity contribution in [1.29, 1.82) is 0 Å². The summed E-state index contributed by atoms with van der Waals surface area (Å²) in [5.41, 5.74) is -0.118. The van der Waals surface area contributed by atoms with Crippen molar-refractivity contribution in [3.05, 3.63) is 30.3 Å². The number of hydrogen-bond donors (Lipinski definition) is 2. The third kappa shape index (κ3) is 4.39. The lowest BCUT2D eigenvalue weighted by molar-refractivity contribution is -0.124. The molecule has 1 aliphatic heterocycles. The largest absolute Gasteiger partial charge is 0.486 e. The molecule has 1 aliphatic carbocycles. The molecule has 1 unspecified atom stereocenters. The summed E-state index contributed by atoms with van der Waals surface area (Å²) in [4.78, 5) is 12.4. The zero-order valence-corrected chi connectivity index (χ0v) is 14.7. The van der Waals surface area contributed by atoms with Crippen LogP contribution in [0.2, 0.25) is 0 Å². The lowest BCUT2D eigenvalue weighted by atomic mass is 9.91. The number of ether oxygens (including phenoxy) is 1. The van der Waals surface area contributed by atoms with Gasteiger partial charge in [-0.05, 0) is 63.7 Å². The Hall–Kier alpha value is -1.26. The predicted octanol–water partition coefficient (Wildman–Crippen LogP) is 2.77. The monoisotopic (exact) mass is 338 g/mol. The summed E-state index contributed by atoms with van der Waals surface area (Å²) in [6.45, 7) is 6.64. The second-order valence-electron chi connectivity index (χ2n) is 7.26. The highest BCUT2D eigenvalue weighted by Gasteiger charge is 2.57. The van der Waals surface area contributed by atoms with Crippen molar-refractivity contribution in [3.63, 3.8) is 0 Å². The lowest BCUT2D eigenvalue weighted by Gasteiger charge is -2.27. The zero-order chi connectivity index (χ0) is 15.6. The molecule has 1 spiro atoms. The van der Waals surface area contributed by atoms with Gasteiger partial charge in [-0.1, -0.05) is 18.2 Å². The Kier molecular flexibility index (Phi) is 5.58. The highest BCUT2D eigenvalue weighted by molar-refractivity contribution is 5.85. The van der Waals surface area contributed by atoms with Gasteiger partial charge in [-0.2, -0.15) is 0 Å². The molecule has 1 aromatic rings. The second-order valence-corrected chi connectivity index (χ2v) is 7.26. The molecular formula is C18H27ClN2O2. The summed E-state index contributed by atoms with van der Waals surface area (Å²) in [5.74, 6) is 1.25. The van der Waals surface area contributed by atoms with Crippen LogP contribution in [0.5, 0.6) is 5.75 Å². The number of amides is 1. The fourth-order valence-corrected chi connectivity index (χ4v) is 3.46. The molecule has 4 nitrogen and oxygen atoms in total. The molecule has 2 N–H and O–H groups in total. The molecule has 1 heterocycles. The highest BCUT2D eigenvalue weighted by atomic mass is 35.5. The predicted molar refractivity (Wildman–Crippen MR) is 94.1 cm³/mol. The maximum absolute atomic E-state index is 12.4. The number of para-hydroxylation sites is 1. The molecule has 1 atom stereocenters. The third-order valence-corrected chi connectivity index (χ3v) is 4.93. The van der Waals surface area contributed by atoms with E-state index in [9.17, 15) is 4.79 Å². The fourth-order valence-electron chi connectivity index (χ4n) is 3.46. The van der Waals surface area contributed by atoms with Crippen LogP contribution >= 0.6 is 12.4 Å². The van der Waals surface area contributed by atoms with Crippen LogP contribution in [0.25, 0.3) is 0 Å². The number of hydrogen-bond acceptors (Lipinski definition) is 3. The van der Waals surface area contributed by atoms with Crippen LogP contribution in [0.15, 0.2) is 30.3 Å². The van der Waals surface area contributed by atoms with Crippen molar-refractivity contribution in [2.24, 2.45) is 11.3 Å². The Labute approximate surface area is 144 Å². The first-order chi connectivity index (χ1) is 10.5. The molecule has 0 radical (unpaired) electrons. The van der Waals surface area contributed by atoms with E-state index < -0.39 is 5.60 Å². The average molecular weight is 339 g/mol. The van der Waals surface area contributed by atoms with Crippen LogP contribution in [0.4, 0.5) is 0 Å². The number of halogens is 1. The zero-order valence-electron chi connectivity index (χ0n) is 13.9. The number of carbonyl (C=O) groups excluding carboxylic acids is 1. The molecule has 3 rings (SSSR count). The van der Waals surface area contributed by atoms with Crippen LogP contribution < -0.4 is 15.4 Å². The fraction of sp³-hybridized carbons (Fsp3) is 0.611. The first kappa shape index (κ1) is 18.1. The quantitative estimate of drug-likeness (QED) is 0.868. The Morgan fingerprint density at radius 2 is 1.96 bits per heavy atom. The van der Waals surface area contributed by atoms with Crippen molar-refractivity contribution < 1.29 is 9.53 Å². The molecule has 23 heavy (non-hydrogen) atoms. The number of nitrogens with one attached hydrogen (secondary N) is 2. The Bertz CT molecular complexity index is 527. The molecule has 0 bridgehead atoms. The molecule has 1 saturated heterocycles. The van der Waals surface area contributed by atoms with Crippen molar-refractivity contribution in [3.8, 4) is 5.75 Å². The summed E-state index contributed by atoms with van der Waals surface area (Å²) in [6, 6.07) is 9.75. The van der Waals surface area contributed by atoms with E-state index in [2.05, 4.69) is 10.6 Å². The van der Waals surface area contributed by atoms with Gasteiger partial charge in [0.25, 0.3) is 0 Å². The maximum Gasteiger partial charge on any atom is 0.223 e. The van der Waals surface area contributed by atoms with Crippen molar-refractivity contribution in [1.82, 2.24) is 10.6 Å². The van der Waals surface area contributed by atoms with Gasteiger partial charge in [0.15, 0.2) is 0 Å². The van der Waals surface area contributed by atoms with Gasteiger partial charge in [0.2, 0.25) is 5.91 Å². The summed E-state index contributed by atoms with van der Waals surface area (Å²) in [6.07, 6.45) is 3.32. The SMILES string of the molecule is CC(C)(CNC(=O)C1CC12CCNCC2)Oc1ccccc1.Cl. The first-order valence-corrected chi connectivity index (χ1v) is 8.23. The van der Waals surface area contributed by atoms with E-state index in [4.69, 9.17) is 4.74 Å². The van der Waals surface area contributed by atoms with Gasteiger partial charge in [-0.3, -0.25) is 4.79 Å². The topological polar surface area (TPSA) is 50.4 Å². The van der Waals surface area contributed by atoms with E-state index in [1.54, 1.807) is 0 Å². The van der Waals surface area contributed by atoms with Gasteiger partial charge in [0.05, 0.1) is 6.54 Å². The van der Waals surface area contributed by atoms with E-state index in [0.29, 0.717) is 12.0 Å². The molecule has 2 fully saturated rings. The van der Waals surface area contributed by atoms with E-state index >= 15 is 0 Å². The summed E-state index contributed by atoms with van der Waals surface area (Å²) >= 11 is 0. The third-order valence-electron chi connectivity index (χ3n) is 4.93. The van der Waals surface area contributed by atoms with Gasteiger partial charge < -0.3 is 15.4 Å². The number of rotatable bonds is 5. The lowest BCUT2D eigenvalue weighted by Crippen LogP contribution is -2.44. The maximum atomic E-state index is 12.4. The first-order valence-electron chi connectivity index (χ1n) is 8.23. The minimum atomic E-state index is -0.410. The van der Waals surface area contributed by atoms with Gasteiger partial charge in [0.1, 0.15) is 11.4 Å². The van der Waals surface area contributed by atoms with Crippen LogP contribution in [-0.2, 0) is 4.79 Å². The molecule has 2 aliphatic rings. The van der Waals surface area contributed by atoms with E-state index in [1.807, 2.05) is 44.2 Å². The number of piperidine rings is 1. The minimum Gasteiger partial charge on any atom is -0.486 e. The molecule has 0 aromatic heterocycles. The summed E-state index contributed by atoms with van der Waals surface area (Å²) < 4.78 is 5.96. The number of benzene rings is 1. The second kappa shape index (κ2) is 7.10. The molecular weight excluding hydrogens is 312 g/mol. The normalized spacial score (nSPS) is 22.1. The average Bonchev–Trinajstić information content (AvgIpc) is 3.19. The standard InChI is InChI=1S/C18H26N2O2.ClH/c1-17(2,22-14-6-4-3-5-7-14)13-20-16(21)15-12-18(15)8-10-19-11-9-18;/h3-7,15,19H,8-13H2,1-2H3,(H,20,21);1H. The van der Waals surface area contributed by atoms with Crippen molar-refractivity contribution in [2.75, 3.05) is 19.6 Å². The number of carbonyl (C=O) groups is 1.